The summed E-state index contributed by atoms with van der Waals surface area (Å²) >= 11 is 0. The Kier molecular flexibility index (Phi) is 8.02. The molecule has 9 atom stereocenters. The Bertz CT molecular complexity index is 986. The fourth-order valence-corrected chi connectivity index (χ4v) is 10.2. The molecule has 4 fully saturated rings. The van der Waals surface area contributed by atoms with Crippen molar-refractivity contribution < 1.29 is 18.3 Å². The lowest BCUT2D eigenvalue weighted by atomic mass is 9.44. The third-order valence-electron chi connectivity index (χ3n) is 12.2. The van der Waals surface area contributed by atoms with Crippen LogP contribution in [-0.4, -0.2) is 12.1 Å². The van der Waals surface area contributed by atoms with Crippen LogP contribution in [0.2, 0.25) is 0 Å². The Morgan fingerprint density at radius 3 is 2.29 bits per heavy atom. The van der Waals surface area contributed by atoms with E-state index in [1.165, 1.54) is 57.8 Å². The van der Waals surface area contributed by atoms with Crippen LogP contribution in [0, 0.1) is 63.9 Å². The Hall–Kier alpha value is -1.45. The van der Waals surface area contributed by atoms with E-state index in [2.05, 4.69) is 34.6 Å². The number of ether oxygens (including phenoxy) is 1. The molecular formula is C34H50F2O2. The summed E-state index contributed by atoms with van der Waals surface area (Å²) in [6.07, 6.45) is 14.9. The van der Waals surface area contributed by atoms with Gasteiger partial charge in [0, 0.05) is 6.07 Å². The molecule has 0 radical (unpaired) electrons. The van der Waals surface area contributed by atoms with Gasteiger partial charge < -0.3 is 4.74 Å². The summed E-state index contributed by atoms with van der Waals surface area (Å²) < 4.78 is 33.1. The largest absolute Gasteiger partial charge is 0.459 e. The molecule has 4 aliphatic rings. The van der Waals surface area contributed by atoms with Crippen LogP contribution in [0.25, 0.3) is 0 Å². The summed E-state index contributed by atoms with van der Waals surface area (Å²) in [4.78, 5) is 12.7. The molecule has 5 rings (SSSR count). The van der Waals surface area contributed by atoms with Crippen molar-refractivity contribution in [1.82, 2.24) is 0 Å². The van der Waals surface area contributed by atoms with Gasteiger partial charge in [-0.1, -0.05) is 53.9 Å². The minimum absolute atomic E-state index is 0.0275. The molecule has 4 heteroatoms. The van der Waals surface area contributed by atoms with Crippen molar-refractivity contribution in [3.63, 3.8) is 0 Å². The average molecular weight is 529 g/mol. The van der Waals surface area contributed by atoms with Crippen molar-refractivity contribution in [2.24, 2.45) is 52.3 Å². The van der Waals surface area contributed by atoms with Gasteiger partial charge >= 0.3 is 5.97 Å². The van der Waals surface area contributed by atoms with E-state index in [1.807, 2.05) is 0 Å². The van der Waals surface area contributed by atoms with Gasteiger partial charge in [0.2, 0.25) is 0 Å². The second-order valence-corrected chi connectivity index (χ2v) is 14.6. The predicted molar refractivity (Wildman–Crippen MR) is 149 cm³/mol. The lowest BCUT2D eigenvalue weighted by Crippen LogP contribution is -2.54. The van der Waals surface area contributed by atoms with E-state index < -0.39 is 17.6 Å². The number of hydrogen-bond acceptors (Lipinski definition) is 2. The van der Waals surface area contributed by atoms with Crippen molar-refractivity contribution in [3.05, 3.63) is 35.4 Å². The van der Waals surface area contributed by atoms with Crippen LogP contribution in [0.15, 0.2) is 18.2 Å². The summed E-state index contributed by atoms with van der Waals surface area (Å²) in [7, 11) is 0. The van der Waals surface area contributed by atoms with E-state index >= 15 is 0 Å². The maximum absolute atomic E-state index is 13.6. The zero-order chi connectivity index (χ0) is 27.2. The second-order valence-electron chi connectivity index (χ2n) is 14.6. The first-order chi connectivity index (χ1) is 18.0. The Balaban J connectivity index is 1.22. The van der Waals surface area contributed by atoms with Crippen LogP contribution >= 0.6 is 0 Å². The highest BCUT2D eigenvalue weighted by Crippen LogP contribution is 2.68. The van der Waals surface area contributed by atoms with Crippen LogP contribution in [-0.2, 0) is 4.74 Å². The van der Waals surface area contributed by atoms with Crippen LogP contribution in [0.3, 0.4) is 0 Å². The van der Waals surface area contributed by atoms with E-state index in [1.54, 1.807) is 0 Å². The van der Waals surface area contributed by atoms with Crippen molar-refractivity contribution >= 4 is 5.97 Å². The maximum atomic E-state index is 13.6. The van der Waals surface area contributed by atoms with Crippen LogP contribution in [0.4, 0.5) is 8.78 Å². The molecule has 212 valence electrons. The Morgan fingerprint density at radius 2 is 1.58 bits per heavy atom. The predicted octanol–water partition coefficient (Wildman–Crippen LogP) is 9.61. The molecule has 0 N–H and O–H groups in total. The first-order valence-corrected chi connectivity index (χ1v) is 15.7. The molecule has 4 saturated carbocycles. The monoisotopic (exact) mass is 528 g/mol. The molecule has 0 bridgehead atoms. The van der Waals surface area contributed by atoms with Crippen molar-refractivity contribution in [3.8, 4) is 0 Å². The highest BCUT2D eigenvalue weighted by Gasteiger charge is 2.60. The molecule has 1 aromatic carbocycles. The molecular weight excluding hydrogens is 478 g/mol. The van der Waals surface area contributed by atoms with Gasteiger partial charge in [0.05, 0.1) is 5.56 Å². The molecule has 4 aliphatic carbocycles. The molecule has 2 nitrogen and oxygen atoms in total. The molecule has 0 heterocycles. The number of benzene rings is 1. The molecule has 0 amide bonds. The topological polar surface area (TPSA) is 26.3 Å². The van der Waals surface area contributed by atoms with Crippen LogP contribution < -0.4 is 0 Å². The molecule has 1 aromatic rings. The standard InChI is InChI=1S/C34H50F2O2/c1-21(2)7-6-8-22(3)29-11-12-30-28-10-9-24-19-27(38-32(37)23-17-25(35)20-26(36)18-23)13-15-33(24,4)31(28)14-16-34(29,30)5/h17-18,20-22,24,27-31H,6-16,19H2,1-5H3/t22-,24+,27+,28+,29-,30+,31+,33+,34-/m1/s1. The molecule has 0 unspecified atom stereocenters. The Labute approximate surface area is 229 Å². The van der Waals surface area contributed by atoms with Gasteiger partial charge in [-0.15, -0.1) is 0 Å². The summed E-state index contributed by atoms with van der Waals surface area (Å²) in [6.45, 7) is 12.4. The summed E-state index contributed by atoms with van der Waals surface area (Å²) in [6, 6.07) is 2.93. The second kappa shape index (κ2) is 10.8. The van der Waals surface area contributed by atoms with Gasteiger partial charge in [0.1, 0.15) is 17.7 Å². The van der Waals surface area contributed by atoms with Crippen molar-refractivity contribution in [1.29, 1.82) is 0 Å². The quantitative estimate of drug-likeness (QED) is 0.329. The SMILES string of the molecule is CC(C)CCC[C@@H](C)[C@H]1CC[C@H]2[C@@H]3CC[C@H]4C[C@@H](OC(=O)c5cc(F)cc(F)c5)CC[C@]4(C)[C@H]3CC[C@]12C. The minimum Gasteiger partial charge on any atom is -0.459 e. The lowest BCUT2D eigenvalue weighted by Gasteiger charge is -2.61. The highest BCUT2D eigenvalue weighted by atomic mass is 19.1. The first-order valence-electron chi connectivity index (χ1n) is 15.7. The van der Waals surface area contributed by atoms with E-state index in [0.29, 0.717) is 16.7 Å². The normalized spacial score (nSPS) is 39.3. The Morgan fingerprint density at radius 1 is 0.895 bits per heavy atom. The lowest BCUT2D eigenvalue weighted by molar-refractivity contribution is -0.130. The molecule has 38 heavy (non-hydrogen) atoms. The fraction of sp³-hybridized carbons (Fsp3) is 0.794. The molecule has 0 saturated heterocycles. The van der Waals surface area contributed by atoms with E-state index in [0.717, 1.165) is 73.0 Å². The van der Waals surface area contributed by atoms with E-state index in [4.69, 9.17) is 4.74 Å². The third-order valence-corrected chi connectivity index (χ3v) is 12.2. The van der Waals surface area contributed by atoms with Gasteiger partial charge in [-0.25, -0.2) is 13.6 Å². The zero-order valence-corrected chi connectivity index (χ0v) is 24.4. The van der Waals surface area contributed by atoms with Gasteiger partial charge in [-0.2, -0.15) is 0 Å². The van der Waals surface area contributed by atoms with Crippen LogP contribution in [0.5, 0.6) is 0 Å². The molecule has 0 aromatic heterocycles. The zero-order valence-electron chi connectivity index (χ0n) is 24.4. The maximum Gasteiger partial charge on any atom is 0.338 e. The summed E-state index contributed by atoms with van der Waals surface area (Å²) in [5.74, 6) is 3.51. The molecule has 0 aliphatic heterocycles. The highest BCUT2D eigenvalue weighted by molar-refractivity contribution is 5.89. The van der Waals surface area contributed by atoms with Gasteiger partial charge in [-0.05, 0) is 122 Å². The number of fused-ring (bicyclic) bond motifs is 5. The van der Waals surface area contributed by atoms with E-state index in [-0.39, 0.29) is 11.7 Å². The van der Waals surface area contributed by atoms with Gasteiger partial charge in [0.25, 0.3) is 0 Å². The van der Waals surface area contributed by atoms with Gasteiger partial charge in [0.15, 0.2) is 0 Å². The number of hydrogen-bond donors (Lipinski definition) is 0. The average Bonchev–Trinajstić information content (AvgIpc) is 3.20. The number of halogens is 2. The smallest absolute Gasteiger partial charge is 0.338 e. The van der Waals surface area contributed by atoms with Crippen LogP contribution in [0.1, 0.15) is 122 Å². The number of esters is 1. The third kappa shape index (κ3) is 5.19. The first kappa shape index (κ1) is 28.1. The minimum atomic E-state index is -0.741. The fourth-order valence-electron chi connectivity index (χ4n) is 10.2. The number of carbonyl (C=O) groups excluding carboxylic acids is 1. The number of rotatable bonds is 7. The van der Waals surface area contributed by atoms with Gasteiger partial charge in [-0.3, -0.25) is 0 Å². The van der Waals surface area contributed by atoms with E-state index in [9.17, 15) is 13.6 Å². The summed E-state index contributed by atoms with van der Waals surface area (Å²) in [5, 5.41) is 0. The van der Waals surface area contributed by atoms with Crippen molar-refractivity contribution in [2.45, 2.75) is 118 Å². The van der Waals surface area contributed by atoms with Crippen molar-refractivity contribution in [2.75, 3.05) is 0 Å². The summed E-state index contributed by atoms with van der Waals surface area (Å²) in [5.41, 5.74) is 0.800. The number of carbonyl (C=O) groups is 1. The molecule has 0 spiro atoms.